The molecule has 0 aromatic carbocycles. The first-order valence-electron chi connectivity index (χ1n) is 5.89. The van der Waals surface area contributed by atoms with Crippen LogP contribution in [0.25, 0.3) is 5.47 Å². The Hall–Kier alpha value is -1.20. The number of hydrogen-bond donors (Lipinski definition) is 0. The molecule has 18 heavy (non-hydrogen) atoms. The molecule has 0 N–H and O–H groups in total. The number of rotatable bonds is 2. The SMILES string of the molecule is C=C(B1OC(C)(C)C(C)(C)O1)c1ccncc1F. The molecule has 1 aliphatic heterocycles. The third-order valence-corrected chi connectivity index (χ3v) is 3.66. The Bertz CT molecular complexity index is 472. The summed E-state index contributed by atoms with van der Waals surface area (Å²) in [6.45, 7) is 11.7. The van der Waals surface area contributed by atoms with Crippen molar-refractivity contribution in [2.24, 2.45) is 0 Å². The third kappa shape index (κ3) is 2.08. The van der Waals surface area contributed by atoms with Gasteiger partial charge in [-0.25, -0.2) is 4.39 Å². The number of aromatic nitrogens is 1. The summed E-state index contributed by atoms with van der Waals surface area (Å²) in [7, 11) is -0.632. The van der Waals surface area contributed by atoms with Crippen molar-refractivity contribution >= 4 is 12.6 Å². The lowest BCUT2D eigenvalue weighted by Gasteiger charge is -2.32. The molecule has 3 nitrogen and oxygen atoms in total. The van der Waals surface area contributed by atoms with Crippen molar-refractivity contribution in [3.05, 3.63) is 36.4 Å². The second-order valence-electron chi connectivity index (χ2n) is 5.47. The van der Waals surface area contributed by atoms with E-state index in [1.807, 2.05) is 27.7 Å². The Balaban J connectivity index is 2.26. The van der Waals surface area contributed by atoms with Crippen molar-refractivity contribution in [1.82, 2.24) is 4.98 Å². The van der Waals surface area contributed by atoms with Crippen LogP contribution < -0.4 is 0 Å². The Morgan fingerprint density at radius 1 is 1.28 bits per heavy atom. The normalized spacial score (nSPS) is 21.1. The van der Waals surface area contributed by atoms with Gasteiger partial charge in [-0.15, -0.1) is 0 Å². The van der Waals surface area contributed by atoms with Gasteiger partial charge in [-0.3, -0.25) is 4.98 Å². The number of halogens is 1. The molecule has 0 spiro atoms. The van der Waals surface area contributed by atoms with Gasteiger partial charge in [0.05, 0.1) is 17.4 Å². The number of hydrogen-bond acceptors (Lipinski definition) is 3. The molecule has 96 valence electrons. The fraction of sp³-hybridized carbons (Fsp3) is 0.462. The summed E-state index contributed by atoms with van der Waals surface area (Å²) >= 11 is 0. The van der Waals surface area contributed by atoms with Gasteiger partial charge in [0, 0.05) is 11.8 Å². The number of pyridine rings is 1. The fourth-order valence-corrected chi connectivity index (χ4v) is 1.75. The maximum Gasteiger partial charge on any atom is 0.494 e. The summed E-state index contributed by atoms with van der Waals surface area (Å²) in [4.78, 5) is 3.71. The van der Waals surface area contributed by atoms with Crippen molar-refractivity contribution in [2.45, 2.75) is 38.9 Å². The molecule has 1 fully saturated rings. The molecule has 0 atom stereocenters. The molecule has 0 saturated carbocycles. The number of nitrogens with zero attached hydrogens (tertiary/aromatic N) is 1. The van der Waals surface area contributed by atoms with Crippen LogP contribution in [0.5, 0.6) is 0 Å². The van der Waals surface area contributed by atoms with Gasteiger partial charge in [0.1, 0.15) is 5.82 Å². The molecule has 2 heterocycles. The quantitative estimate of drug-likeness (QED) is 0.755. The average molecular weight is 249 g/mol. The summed E-state index contributed by atoms with van der Waals surface area (Å²) in [5.74, 6) is -0.419. The molecule has 1 aliphatic rings. The van der Waals surface area contributed by atoms with E-state index in [0.29, 0.717) is 11.0 Å². The van der Waals surface area contributed by atoms with Crippen LogP contribution in [0, 0.1) is 5.82 Å². The first kappa shape index (κ1) is 13.2. The van der Waals surface area contributed by atoms with Gasteiger partial charge in [-0.1, -0.05) is 6.58 Å². The van der Waals surface area contributed by atoms with Gasteiger partial charge in [-0.2, -0.15) is 0 Å². The van der Waals surface area contributed by atoms with Crippen LogP contribution in [-0.4, -0.2) is 23.3 Å². The van der Waals surface area contributed by atoms with Crippen molar-refractivity contribution in [2.75, 3.05) is 0 Å². The van der Waals surface area contributed by atoms with Crippen molar-refractivity contribution < 1.29 is 13.7 Å². The van der Waals surface area contributed by atoms with Crippen LogP contribution >= 0.6 is 0 Å². The highest BCUT2D eigenvalue weighted by Gasteiger charge is 2.52. The smallest absolute Gasteiger partial charge is 0.399 e. The van der Waals surface area contributed by atoms with Gasteiger partial charge in [0.2, 0.25) is 0 Å². The lowest BCUT2D eigenvalue weighted by atomic mass is 9.75. The van der Waals surface area contributed by atoms with Crippen molar-refractivity contribution in [3.8, 4) is 0 Å². The molecule has 1 aromatic heterocycles. The lowest BCUT2D eigenvalue weighted by molar-refractivity contribution is 0.00578. The molecular formula is C13H17BFNO2. The highest BCUT2D eigenvalue weighted by atomic mass is 19.1. The lowest BCUT2D eigenvalue weighted by Crippen LogP contribution is -2.41. The molecule has 5 heteroatoms. The average Bonchev–Trinajstić information content (AvgIpc) is 2.48. The van der Waals surface area contributed by atoms with E-state index in [0.717, 1.165) is 6.20 Å². The summed E-state index contributed by atoms with van der Waals surface area (Å²) in [5.41, 5.74) is -0.0501. The van der Waals surface area contributed by atoms with E-state index >= 15 is 0 Å². The highest BCUT2D eigenvalue weighted by Crippen LogP contribution is 2.40. The predicted octanol–water partition coefficient (Wildman–Crippen LogP) is 2.87. The largest absolute Gasteiger partial charge is 0.494 e. The van der Waals surface area contributed by atoms with Crippen LogP contribution in [0.2, 0.25) is 0 Å². The van der Waals surface area contributed by atoms with Crippen molar-refractivity contribution in [1.29, 1.82) is 0 Å². The van der Waals surface area contributed by atoms with E-state index in [-0.39, 0.29) is 0 Å². The monoisotopic (exact) mass is 249 g/mol. The minimum atomic E-state index is -0.632. The van der Waals surface area contributed by atoms with E-state index in [1.54, 1.807) is 6.07 Å². The van der Waals surface area contributed by atoms with E-state index in [1.165, 1.54) is 6.20 Å². The predicted molar refractivity (Wildman–Crippen MR) is 69.3 cm³/mol. The molecular weight excluding hydrogens is 232 g/mol. The maximum absolute atomic E-state index is 13.6. The minimum Gasteiger partial charge on any atom is -0.399 e. The molecule has 0 bridgehead atoms. The van der Waals surface area contributed by atoms with E-state index in [9.17, 15) is 4.39 Å². The van der Waals surface area contributed by atoms with Gasteiger partial charge < -0.3 is 9.31 Å². The summed E-state index contributed by atoms with van der Waals surface area (Å²) < 4.78 is 25.3. The molecule has 2 rings (SSSR count). The van der Waals surface area contributed by atoms with Crippen LogP contribution in [0.1, 0.15) is 33.3 Å². The van der Waals surface area contributed by atoms with Gasteiger partial charge in [0.25, 0.3) is 0 Å². The zero-order valence-electron chi connectivity index (χ0n) is 11.2. The summed E-state index contributed by atoms with van der Waals surface area (Å²) in [6, 6.07) is 1.57. The zero-order chi connectivity index (χ0) is 13.6. The molecule has 0 unspecified atom stereocenters. The van der Waals surface area contributed by atoms with Crippen molar-refractivity contribution in [3.63, 3.8) is 0 Å². The zero-order valence-corrected chi connectivity index (χ0v) is 11.2. The Morgan fingerprint density at radius 3 is 2.33 bits per heavy atom. The fourth-order valence-electron chi connectivity index (χ4n) is 1.75. The van der Waals surface area contributed by atoms with Crippen LogP contribution in [0.15, 0.2) is 25.0 Å². The van der Waals surface area contributed by atoms with Crippen LogP contribution in [0.4, 0.5) is 4.39 Å². The molecule has 1 aromatic rings. The van der Waals surface area contributed by atoms with Gasteiger partial charge >= 0.3 is 7.12 Å². The Labute approximate surface area is 107 Å². The molecule has 0 amide bonds. The standard InChI is InChI=1S/C13H17BFNO2/c1-9(10-6-7-16-8-11(10)15)14-17-12(2,3)13(4,5)18-14/h6-8H,1H2,2-5H3. The van der Waals surface area contributed by atoms with Gasteiger partial charge in [-0.05, 0) is 39.2 Å². The van der Waals surface area contributed by atoms with E-state index in [4.69, 9.17) is 9.31 Å². The second kappa shape index (κ2) is 4.18. The summed E-state index contributed by atoms with van der Waals surface area (Å²) in [6.07, 6.45) is 2.68. The van der Waals surface area contributed by atoms with Gasteiger partial charge in [0.15, 0.2) is 0 Å². The molecule has 0 aliphatic carbocycles. The molecule has 0 radical (unpaired) electrons. The van der Waals surface area contributed by atoms with E-state index in [2.05, 4.69) is 11.6 Å². The third-order valence-electron chi connectivity index (χ3n) is 3.66. The highest BCUT2D eigenvalue weighted by molar-refractivity contribution is 6.68. The van der Waals surface area contributed by atoms with Crippen LogP contribution in [-0.2, 0) is 9.31 Å². The first-order chi connectivity index (χ1) is 8.24. The Kier molecular flexibility index (Phi) is 3.07. The maximum atomic E-state index is 13.6. The van der Waals surface area contributed by atoms with Crippen LogP contribution in [0.3, 0.4) is 0 Å². The van der Waals surface area contributed by atoms with E-state index < -0.39 is 24.1 Å². The molecule has 1 saturated heterocycles. The first-order valence-corrected chi connectivity index (χ1v) is 5.89. The topological polar surface area (TPSA) is 31.4 Å². The second-order valence-corrected chi connectivity index (χ2v) is 5.47. The Morgan fingerprint density at radius 2 is 1.83 bits per heavy atom. The minimum absolute atomic E-state index is 0.378. The summed E-state index contributed by atoms with van der Waals surface area (Å²) in [5, 5.41) is 0.